The van der Waals surface area contributed by atoms with Crippen molar-refractivity contribution >= 4 is 5.82 Å². The van der Waals surface area contributed by atoms with E-state index < -0.39 is 0 Å². The van der Waals surface area contributed by atoms with Crippen molar-refractivity contribution in [3.63, 3.8) is 0 Å². The van der Waals surface area contributed by atoms with Crippen LogP contribution in [0.3, 0.4) is 0 Å². The molecule has 1 fully saturated rings. The molecule has 1 aromatic heterocycles. The fourth-order valence-corrected chi connectivity index (χ4v) is 2.79. The van der Waals surface area contributed by atoms with Crippen LogP contribution in [0.5, 0.6) is 0 Å². The van der Waals surface area contributed by atoms with Crippen LogP contribution in [0.1, 0.15) is 57.6 Å². The number of nitrogens with zero attached hydrogens (tertiary/aromatic N) is 2. The monoisotopic (exact) mass is 247 g/mol. The first-order valence-electron chi connectivity index (χ1n) is 7.43. The summed E-state index contributed by atoms with van der Waals surface area (Å²) in [5.41, 5.74) is 1.14. The van der Waals surface area contributed by atoms with Crippen LogP contribution < -0.4 is 5.32 Å². The molecule has 0 atom stereocenters. The summed E-state index contributed by atoms with van der Waals surface area (Å²) in [6.07, 6.45) is 12.3. The van der Waals surface area contributed by atoms with E-state index in [0.717, 1.165) is 36.8 Å². The summed E-state index contributed by atoms with van der Waals surface area (Å²) in [4.78, 5) is 8.54. The number of anilines is 1. The third kappa shape index (κ3) is 4.28. The molecule has 1 aliphatic rings. The minimum Gasteiger partial charge on any atom is -0.370 e. The first-order valence-corrected chi connectivity index (χ1v) is 7.43. The first-order chi connectivity index (χ1) is 8.88. The van der Waals surface area contributed by atoms with Gasteiger partial charge in [0.1, 0.15) is 12.1 Å². The zero-order valence-corrected chi connectivity index (χ0v) is 11.5. The van der Waals surface area contributed by atoms with Crippen molar-refractivity contribution in [1.82, 2.24) is 9.97 Å². The Bertz CT molecular complexity index is 345. The minimum absolute atomic E-state index is 0.986. The van der Waals surface area contributed by atoms with Gasteiger partial charge in [0.15, 0.2) is 0 Å². The summed E-state index contributed by atoms with van der Waals surface area (Å²) >= 11 is 0. The van der Waals surface area contributed by atoms with Gasteiger partial charge in [0.2, 0.25) is 0 Å². The Morgan fingerprint density at radius 3 is 2.89 bits per heavy atom. The molecule has 1 aromatic rings. The van der Waals surface area contributed by atoms with Crippen LogP contribution in [-0.2, 0) is 6.42 Å². The Morgan fingerprint density at radius 1 is 1.28 bits per heavy atom. The predicted molar refractivity (Wildman–Crippen MR) is 75.7 cm³/mol. The highest BCUT2D eigenvalue weighted by atomic mass is 15.0. The molecule has 0 aromatic carbocycles. The molecular formula is C15H25N3. The summed E-state index contributed by atoms with van der Waals surface area (Å²) < 4.78 is 0. The number of rotatable bonds is 7. The van der Waals surface area contributed by atoms with Crippen molar-refractivity contribution in [3.05, 3.63) is 18.1 Å². The summed E-state index contributed by atoms with van der Waals surface area (Å²) in [6.45, 7) is 3.22. The van der Waals surface area contributed by atoms with Crippen molar-refractivity contribution in [1.29, 1.82) is 0 Å². The highest BCUT2D eigenvalue weighted by Crippen LogP contribution is 2.28. The first kappa shape index (κ1) is 13.3. The maximum Gasteiger partial charge on any atom is 0.129 e. The molecule has 0 radical (unpaired) electrons. The second-order valence-corrected chi connectivity index (χ2v) is 5.36. The molecule has 1 heterocycles. The van der Waals surface area contributed by atoms with E-state index in [1.165, 1.54) is 38.5 Å². The average molecular weight is 247 g/mol. The lowest BCUT2D eigenvalue weighted by Gasteiger charge is -2.10. The number of hydrogen-bond acceptors (Lipinski definition) is 3. The number of aromatic nitrogens is 2. The van der Waals surface area contributed by atoms with Gasteiger partial charge in [0.25, 0.3) is 0 Å². The summed E-state index contributed by atoms with van der Waals surface area (Å²) in [5.74, 6) is 1.98. The van der Waals surface area contributed by atoms with Crippen LogP contribution in [-0.4, -0.2) is 16.5 Å². The lowest BCUT2D eigenvalue weighted by atomic mass is 10.0. The molecule has 1 aliphatic carbocycles. The fraction of sp³-hybridized carbons (Fsp3) is 0.733. The van der Waals surface area contributed by atoms with Gasteiger partial charge in [-0.2, -0.15) is 0 Å². The van der Waals surface area contributed by atoms with E-state index in [9.17, 15) is 0 Å². The van der Waals surface area contributed by atoms with E-state index in [4.69, 9.17) is 0 Å². The Morgan fingerprint density at radius 2 is 2.11 bits per heavy atom. The number of aryl methyl sites for hydroxylation is 1. The van der Waals surface area contributed by atoms with Crippen molar-refractivity contribution in [2.24, 2.45) is 5.92 Å². The van der Waals surface area contributed by atoms with Gasteiger partial charge in [-0.1, -0.05) is 39.0 Å². The van der Waals surface area contributed by atoms with E-state index in [1.54, 1.807) is 6.33 Å². The summed E-state index contributed by atoms with van der Waals surface area (Å²) in [7, 11) is 0. The van der Waals surface area contributed by atoms with Crippen molar-refractivity contribution in [2.45, 2.75) is 58.3 Å². The molecule has 0 aliphatic heterocycles. The average Bonchev–Trinajstić information content (AvgIpc) is 2.89. The third-order valence-corrected chi connectivity index (χ3v) is 3.80. The maximum atomic E-state index is 4.27. The smallest absolute Gasteiger partial charge is 0.129 e. The molecule has 0 spiro atoms. The lowest BCUT2D eigenvalue weighted by molar-refractivity contribution is 0.491. The Hall–Kier alpha value is -1.12. The molecule has 100 valence electrons. The zero-order valence-electron chi connectivity index (χ0n) is 11.5. The van der Waals surface area contributed by atoms with Crippen LogP contribution in [0, 0.1) is 5.92 Å². The van der Waals surface area contributed by atoms with Gasteiger partial charge in [-0.3, -0.25) is 0 Å². The van der Waals surface area contributed by atoms with E-state index >= 15 is 0 Å². The molecule has 0 saturated heterocycles. The molecule has 1 saturated carbocycles. The summed E-state index contributed by atoms with van der Waals surface area (Å²) in [5, 5.41) is 3.42. The van der Waals surface area contributed by atoms with E-state index in [1.807, 2.05) is 0 Å². The quantitative estimate of drug-likeness (QED) is 0.744. The van der Waals surface area contributed by atoms with Crippen LogP contribution in [0.4, 0.5) is 5.82 Å². The molecule has 0 amide bonds. The van der Waals surface area contributed by atoms with Gasteiger partial charge in [0, 0.05) is 18.3 Å². The minimum atomic E-state index is 0.986. The largest absolute Gasteiger partial charge is 0.370 e. The molecule has 18 heavy (non-hydrogen) atoms. The van der Waals surface area contributed by atoms with Gasteiger partial charge in [-0.15, -0.1) is 0 Å². The number of hydrogen-bond donors (Lipinski definition) is 1. The molecular weight excluding hydrogens is 222 g/mol. The van der Waals surface area contributed by atoms with E-state index in [2.05, 4.69) is 28.3 Å². The summed E-state index contributed by atoms with van der Waals surface area (Å²) in [6, 6.07) is 2.08. The predicted octanol–water partition coefficient (Wildman–Crippen LogP) is 3.81. The SMILES string of the molecule is CCCc1cc(NCCCC2CCCC2)ncn1. The highest BCUT2D eigenvalue weighted by molar-refractivity contribution is 5.34. The second kappa shape index (κ2) is 7.34. The van der Waals surface area contributed by atoms with E-state index in [0.29, 0.717) is 0 Å². The molecule has 1 N–H and O–H groups in total. The Labute approximate surface area is 110 Å². The lowest BCUT2D eigenvalue weighted by Crippen LogP contribution is -2.06. The standard InChI is InChI=1S/C15H25N3/c1-2-6-14-11-15(18-12-17-14)16-10-5-9-13-7-3-4-8-13/h11-13H,2-10H2,1H3,(H,16,17,18). The van der Waals surface area contributed by atoms with Crippen molar-refractivity contribution in [3.8, 4) is 0 Å². The van der Waals surface area contributed by atoms with Gasteiger partial charge >= 0.3 is 0 Å². The molecule has 0 bridgehead atoms. The molecule has 3 heteroatoms. The van der Waals surface area contributed by atoms with Gasteiger partial charge < -0.3 is 5.32 Å². The molecule has 3 nitrogen and oxygen atoms in total. The van der Waals surface area contributed by atoms with Crippen LogP contribution in [0.25, 0.3) is 0 Å². The maximum absolute atomic E-state index is 4.27. The number of nitrogens with one attached hydrogen (secondary N) is 1. The van der Waals surface area contributed by atoms with E-state index in [-0.39, 0.29) is 0 Å². The molecule has 0 unspecified atom stereocenters. The van der Waals surface area contributed by atoms with Gasteiger partial charge in [-0.05, 0) is 25.2 Å². The third-order valence-electron chi connectivity index (χ3n) is 3.80. The van der Waals surface area contributed by atoms with Gasteiger partial charge in [-0.25, -0.2) is 9.97 Å². The second-order valence-electron chi connectivity index (χ2n) is 5.36. The van der Waals surface area contributed by atoms with Crippen molar-refractivity contribution < 1.29 is 0 Å². The zero-order chi connectivity index (χ0) is 12.6. The topological polar surface area (TPSA) is 37.8 Å². The highest BCUT2D eigenvalue weighted by Gasteiger charge is 2.13. The normalized spacial score (nSPS) is 16.1. The van der Waals surface area contributed by atoms with Gasteiger partial charge in [0.05, 0.1) is 0 Å². The van der Waals surface area contributed by atoms with Crippen LogP contribution >= 0.6 is 0 Å². The Kier molecular flexibility index (Phi) is 5.43. The van der Waals surface area contributed by atoms with Crippen molar-refractivity contribution in [2.75, 3.05) is 11.9 Å². The van der Waals surface area contributed by atoms with Crippen LogP contribution in [0.15, 0.2) is 12.4 Å². The Balaban J connectivity index is 1.67. The fourth-order valence-electron chi connectivity index (χ4n) is 2.79. The molecule has 2 rings (SSSR count). The van der Waals surface area contributed by atoms with Crippen LogP contribution in [0.2, 0.25) is 0 Å².